The predicted octanol–water partition coefficient (Wildman–Crippen LogP) is 6.30. The molecule has 2 amide bonds. The zero-order valence-electron chi connectivity index (χ0n) is 19.0. The Balaban J connectivity index is 1.47. The Labute approximate surface area is 204 Å². The molecule has 34 heavy (non-hydrogen) atoms. The lowest BCUT2D eigenvalue weighted by molar-refractivity contribution is -0.139. The highest BCUT2D eigenvalue weighted by Crippen LogP contribution is 2.41. The number of carbonyl (C=O) groups is 1. The minimum atomic E-state index is -4.62. The van der Waals surface area contributed by atoms with Gasteiger partial charge in [0.25, 0.3) is 0 Å². The number of halogens is 4. The lowest BCUT2D eigenvalue weighted by atomic mass is 10.1. The van der Waals surface area contributed by atoms with Gasteiger partial charge >= 0.3 is 12.2 Å². The maximum absolute atomic E-state index is 13.8. The Morgan fingerprint density at radius 2 is 1.94 bits per heavy atom. The molecule has 2 N–H and O–H groups in total. The molecule has 0 radical (unpaired) electrons. The van der Waals surface area contributed by atoms with Crippen LogP contribution in [0.1, 0.15) is 37.8 Å². The van der Waals surface area contributed by atoms with Crippen molar-refractivity contribution in [3.8, 4) is 11.5 Å². The SMILES string of the molecule is CCN1CCC(Oc2ccc(NC(=O)Nc3ccc(Br)c4c3OC(C)C4)cc2C(F)(F)F)CC1. The van der Waals surface area contributed by atoms with Gasteiger partial charge in [-0.1, -0.05) is 22.9 Å². The van der Waals surface area contributed by atoms with Gasteiger partial charge in [-0.2, -0.15) is 13.2 Å². The Morgan fingerprint density at radius 1 is 1.21 bits per heavy atom. The van der Waals surface area contributed by atoms with Gasteiger partial charge in [-0.3, -0.25) is 0 Å². The average molecular weight is 542 g/mol. The number of hydrogen-bond donors (Lipinski definition) is 2. The second-order valence-electron chi connectivity index (χ2n) is 8.57. The van der Waals surface area contributed by atoms with E-state index in [2.05, 4.69) is 38.4 Å². The van der Waals surface area contributed by atoms with Gasteiger partial charge in [-0.15, -0.1) is 0 Å². The van der Waals surface area contributed by atoms with Crippen molar-refractivity contribution in [2.24, 2.45) is 0 Å². The molecule has 0 aromatic heterocycles. The Kier molecular flexibility index (Phi) is 7.28. The molecule has 1 unspecified atom stereocenters. The fourth-order valence-corrected chi connectivity index (χ4v) is 4.77. The van der Waals surface area contributed by atoms with E-state index in [0.29, 0.717) is 30.7 Å². The van der Waals surface area contributed by atoms with E-state index in [1.807, 2.05) is 6.92 Å². The van der Waals surface area contributed by atoms with Gasteiger partial charge in [-0.25, -0.2) is 4.79 Å². The van der Waals surface area contributed by atoms with Gasteiger partial charge in [0, 0.05) is 35.2 Å². The van der Waals surface area contributed by atoms with Crippen LogP contribution in [0.15, 0.2) is 34.8 Å². The van der Waals surface area contributed by atoms with Gasteiger partial charge in [0.15, 0.2) is 0 Å². The molecule has 6 nitrogen and oxygen atoms in total. The number of piperidine rings is 1. The first-order valence-corrected chi connectivity index (χ1v) is 12.1. The van der Waals surface area contributed by atoms with E-state index in [1.165, 1.54) is 12.1 Å². The second kappa shape index (κ2) is 10.0. The molecule has 1 atom stereocenters. The van der Waals surface area contributed by atoms with Crippen molar-refractivity contribution in [2.75, 3.05) is 30.3 Å². The van der Waals surface area contributed by atoms with Crippen LogP contribution in [-0.2, 0) is 12.6 Å². The van der Waals surface area contributed by atoms with Gasteiger partial charge in [0.05, 0.1) is 11.3 Å². The summed E-state index contributed by atoms with van der Waals surface area (Å²) in [4.78, 5) is 14.8. The summed E-state index contributed by atoms with van der Waals surface area (Å²) in [6.07, 6.45) is -2.89. The molecular weight excluding hydrogens is 515 g/mol. The fourth-order valence-electron chi connectivity index (χ4n) is 4.30. The molecule has 0 aliphatic carbocycles. The Morgan fingerprint density at radius 3 is 2.62 bits per heavy atom. The van der Waals surface area contributed by atoms with Gasteiger partial charge in [0.1, 0.15) is 23.7 Å². The number of ether oxygens (including phenoxy) is 2. The zero-order valence-corrected chi connectivity index (χ0v) is 20.6. The van der Waals surface area contributed by atoms with Crippen LogP contribution in [-0.4, -0.2) is 42.8 Å². The van der Waals surface area contributed by atoms with Crippen molar-refractivity contribution in [3.05, 3.63) is 45.9 Å². The number of urea groups is 1. The van der Waals surface area contributed by atoms with E-state index in [9.17, 15) is 18.0 Å². The zero-order chi connectivity index (χ0) is 24.5. The standard InChI is InChI=1S/C24H27BrF3N3O3/c1-3-31-10-8-16(9-11-31)34-21-7-4-15(13-18(21)24(26,27)28)29-23(32)30-20-6-5-19(25)17-12-14(2)33-22(17)20/h4-7,13-14,16H,3,8-12H2,1-2H3,(H2,29,30,32). The molecule has 2 aromatic carbocycles. The highest BCUT2D eigenvalue weighted by Gasteiger charge is 2.36. The third-order valence-corrected chi connectivity index (χ3v) is 6.82. The van der Waals surface area contributed by atoms with E-state index in [0.717, 1.165) is 35.7 Å². The molecule has 2 heterocycles. The van der Waals surface area contributed by atoms with Gasteiger partial charge in [-0.05, 0) is 56.6 Å². The molecular formula is C24H27BrF3N3O3. The molecule has 2 aromatic rings. The van der Waals surface area contributed by atoms with Gasteiger partial charge in [0.2, 0.25) is 0 Å². The number of nitrogens with one attached hydrogen (secondary N) is 2. The summed E-state index contributed by atoms with van der Waals surface area (Å²) in [5.74, 6) is 0.340. The highest BCUT2D eigenvalue weighted by molar-refractivity contribution is 9.10. The minimum Gasteiger partial charge on any atom is -0.490 e. The maximum Gasteiger partial charge on any atom is 0.420 e. The first kappa shape index (κ1) is 24.7. The summed E-state index contributed by atoms with van der Waals surface area (Å²) >= 11 is 3.48. The third-order valence-electron chi connectivity index (χ3n) is 6.08. The monoisotopic (exact) mass is 541 g/mol. The summed E-state index contributed by atoms with van der Waals surface area (Å²) in [7, 11) is 0. The number of fused-ring (bicyclic) bond motifs is 1. The van der Waals surface area contributed by atoms with Crippen LogP contribution >= 0.6 is 15.9 Å². The van der Waals surface area contributed by atoms with E-state index in [-0.39, 0.29) is 23.6 Å². The van der Waals surface area contributed by atoms with Crippen LogP contribution in [0.2, 0.25) is 0 Å². The van der Waals surface area contributed by atoms with Gasteiger partial charge < -0.3 is 25.0 Å². The topological polar surface area (TPSA) is 62.8 Å². The minimum absolute atomic E-state index is 0.0148. The quantitative estimate of drug-likeness (QED) is 0.466. The number of hydrogen-bond acceptors (Lipinski definition) is 4. The molecule has 4 rings (SSSR count). The predicted molar refractivity (Wildman–Crippen MR) is 128 cm³/mol. The number of likely N-dealkylation sites (tertiary alicyclic amines) is 1. The number of anilines is 2. The summed E-state index contributed by atoms with van der Waals surface area (Å²) in [6.45, 7) is 6.49. The molecule has 1 saturated heterocycles. The molecule has 1 fully saturated rings. The first-order valence-electron chi connectivity index (χ1n) is 11.3. The molecule has 0 bridgehead atoms. The lowest BCUT2D eigenvalue weighted by Crippen LogP contribution is -2.38. The maximum atomic E-state index is 13.8. The molecule has 10 heteroatoms. The Hall–Kier alpha value is -2.46. The molecule has 0 spiro atoms. The van der Waals surface area contributed by atoms with E-state index < -0.39 is 17.8 Å². The van der Waals surface area contributed by atoms with Crippen molar-refractivity contribution < 1.29 is 27.4 Å². The summed E-state index contributed by atoms with van der Waals surface area (Å²) in [5, 5.41) is 5.16. The lowest BCUT2D eigenvalue weighted by Gasteiger charge is -2.31. The summed E-state index contributed by atoms with van der Waals surface area (Å²) < 4.78 is 53.7. The molecule has 0 saturated carbocycles. The third kappa shape index (κ3) is 5.60. The number of rotatable bonds is 5. The van der Waals surface area contributed by atoms with Crippen LogP contribution in [0.5, 0.6) is 11.5 Å². The van der Waals surface area contributed by atoms with Crippen molar-refractivity contribution in [2.45, 2.75) is 51.5 Å². The molecule has 2 aliphatic heterocycles. The summed E-state index contributed by atoms with van der Waals surface area (Å²) in [6, 6.07) is 6.40. The molecule has 184 valence electrons. The first-order chi connectivity index (χ1) is 16.1. The van der Waals surface area contributed by atoms with E-state index >= 15 is 0 Å². The average Bonchev–Trinajstić information content (AvgIpc) is 3.19. The van der Waals surface area contributed by atoms with Crippen LogP contribution in [0, 0.1) is 0 Å². The van der Waals surface area contributed by atoms with E-state index in [1.54, 1.807) is 12.1 Å². The number of nitrogens with zero attached hydrogens (tertiary/aromatic N) is 1. The number of alkyl halides is 3. The smallest absolute Gasteiger partial charge is 0.420 e. The number of amides is 2. The van der Waals surface area contributed by atoms with Crippen molar-refractivity contribution in [3.63, 3.8) is 0 Å². The fraction of sp³-hybridized carbons (Fsp3) is 0.458. The number of benzene rings is 2. The second-order valence-corrected chi connectivity index (χ2v) is 9.43. The van der Waals surface area contributed by atoms with Crippen LogP contribution in [0.4, 0.5) is 29.3 Å². The summed E-state index contributed by atoms with van der Waals surface area (Å²) in [5.41, 5.74) is 0.497. The number of carbonyl (C=O) groups excluding carboxylic acids is 1. The molecule has 2 aliphatic rings. The van der Waals surface area contributed by atoms with Crippen molar-refractivity contribution in [1.29, 1.82) is 0 Å². The normalized spacial score (nSPS) is 18.8. The van der Waals surface area contributed by atoms with E-state index in [4.69, 9.17) is 9.47 Å². The van der Waals surface area contributed by atoms with Crippen LogP contribution < -0.4 is 20.1 Å². The van der Waals surface area contributed by atoms with Crippen molar-refractivity contribution in [1.82, 2.24) is 4.90 Å². The highest BCUT2D eigenvalue weighted by atomic mass is 79.9. The van der Waals surface area contributed by atoms with Crippen LogP contribution in [0.3, 0.4) is 0 Å². The Bertz CT molecular complexity index is 1060. The van der Waals surface area contributed by atoms with Crippen molar-refractivity contribution >= 4 is 33.3 Å². The van der Waals surface area contributed by atoms with Crippen LogP contribution in [0.25, 0.3) is 0 Å². The largest absolute Gasteiger partial charge is 0.490 e.